The predicted octanol–water partition coefficient (Wildman–Crippen LogP) is 1.19. The Labute approximate surface area is 161 Å². The summed E-state index contributed by atoms with van der Waals surface area (Å²) in [5, 5.41) is 10.3. The van der Waals surface area contributed by atoms with E-state index in [9.17, 15) is 4.79 Å². The van der Waals surface area contributed by atoms with Crippen molar-refractivity contribution in [3.05, 3.63) is 48.4 Å². The molecule has 0 spiro atoms. The standard InChI is InChI=1S/C18H21N7O3/c1-19-18(20-12-15-21-16(23-22-15)13-4-2-10-27-13)25-8-6-24(7-9-25)17(26)14-5-3-11-28-14/h2-5,10-11H,6-9,12H2,1H3,(H,19,20)(H,21,22,23). The molecule has 0 saturated carbocycles. The van der Waals surface area contributed by atoms with E-state index in [0.29, 0.717) is 55.9 Å². The number of guanidine groups is 1. The second-order valence-corrected chi connectivity index (χ2v) is 6.24. The molecule has 1 aliphatic rings. The minimum absolute atomic E-state index is 0.0836. The lowest BCUT2D eigenvalue weighted by Crippen LogP contribution is -2.53. The highest BCUT2D eigenvalue weighted by molar-refractivity contribution is 5.91. The lowest BCUT2D eigenvalue weighted by molar-refractivity contribution is 0.0657. The Hall–Kier alpha value is -3.56. The summed E-state index contributed by atoms with van der Waals surface area (Å²) in [6.07, 6.45) is 3.10. The molecule has 0 bridgehead atoms. The number of amides is 1. The molecule has 0 aliphatic carbocycles. The molecule has 3 aromatic heterocycles. The number of H-pyrrole nitrogens is 1. The Bertz CT molecular complexity index is 922. The van der Waals surface area contributed by atoms with E-state index in [1.165, 1.54) is 6.26 Å². The van der Waals surface area contributed by atoms with Crippen molar-refractivity contribution in [2.75, 3.05) is 33.2 Å². The Morgan fingerprint density at radius 1 is 1.18 bits per heavy atom. The van der Waals surface area contributed by atoms with Crippen LogP contribution in [0.2, 0.25) is 0 Å². The molecular weight excluding hydrogens is 362 g/mol. The van der Waals surface area contributed by atoms with Crippen LogP contribution in [0.25, 0.3) is 11.6 Å². The number of piperazine rings is 1. The predicted molar refractivity (Wildman–Crippen MR) is 100 cm³/mol. The molecule has 3 aromatic rings. The van der Waals surface area contributed by atoms with Crippen LogP contribution in [0.5, 0.6) is 0 Å². The summed E-state index contributed by atoms with van der Waals surface area (Å²) in [5.41, 5.74) is 0. The summed E-state index contributed by atoms with van der Waals surface area (Å²) < 4.78 is 10.5. The van der Waals surface area contributed by atoms with Crippen LogP contribution in [0.1, 0.15) is 16.4 Å². The van der Waals surface area contributed by atoms with Crippen LogP contribution >= 0.6 is 0 Å². The molecule has 2 N–H and O–H groups in total. The lowest BCUT2D eigenvalue weighted by atomic mass is 10.3. The van der Waals surface area contributed by atoms with Crippen LogP contribution < -0.4 is 5.32 Å². The average molecular weight is 383 g/mol. The highest BCUT2D eigenvalue weighted by Crippen LogP contribution is 2.14. The van der Waals surface area contributed by atoms with Crippen LogP contribution in [-0.2, 0) is 6.54 Å². The number of carbonyl (C=O) groups excluding carboxylic acids is 1. The zero-order valence-corrected chi connectivity index (χ0v) is 15.5. The number of aromatic nitrogens is 3. The molecule has 10 nitrogen and oxygen atoms in total. The van der Waals surface area contributed by atoms with E-state index in [1.807, 2.05) is 6.07 Å². The summed E-state index contributed by atoms with van der Waals surface area (Å²) in [6, 6.07) is 7.00. The van der Waals surface area contributed by atoms with Gasteiger partial charge >= 0.3 is 0 Å². The van der Waals surface area contributed by atoms with Gasteiger partial charge in [-0.3, -0.25) is 14.9 Å². The molecule has 4 heterocycles. The third-order valence-corrected chi connectivity index (χ3v) is 4.50. The van der Waals surface area contributed by atoms with Crippen molar-refractivity contribution >= 4 is 11.9 Å². The third-order valence-electron chi connectivity index (χ3n) is 4.50. The minimum atomic E-state index is -0.0836. The van der Waals surface area contributed by atoms with Gasteiger partial charge in [0, 0.05) is 33.2 Å². The molecule has 1 aliphatic heterocycles. The second-order valence-electron chi connectivity index (χ2n) is 6.24. The van der Waals surface area contributed by atoms with Crippen LogP contribution in [0, 0.1) is 0 Å². The van der Waals surface area contributed by atoms with Crippen molar-refractivity contribution in [1.29, 1.82) is 0 Å². The summed E-state index contributed by atoms with van der Waals surface area (Å²) in [5.74, 6) is 2.85. The van der Waals surface area contributed by atoms with E-state index in [0.717, 1.165) is 5.96 Å². The first-order valence-electron chi connectivity index (χ1n) is 8.98. The topological polar surface area (TPSA) is 116 Å². The van der Waals surface area contributed by atoms with Gasteiger partial charge in [0.15, 0.2) is 17.5 Å². The van der Waals surface area contributed by atoms with Gasteiger partial charge < -0.3 is 24.0 Å². The van der Waals surface area contributed by atoms with Crippen molar-refractivity contribution in [1.82, 2.24) is 30.3 Å². The molecule has 4 rings (SSSR count). The lowest BCUT2D eigenvalue weighted by Gasteiger charge is -2.36. The second kappa shape index (κ2) is 7.99. The first-order chi connectivity index (χ1) is 13.7. The highest BCUT2D eigenvalue weighted by Gasteiger charge is 2.25. The van der Waals surface area contributed by atoms with E-state index in [2.05, 4.69) is 30.4 Å². The number of rotatable bonds is 4. The number of hydrogen-bond donors (Lipinski definition) is 2. The van der Waals surface area contributed by atoms with E-state index >= 15 is 0 Å². The number of carbonyl (C=O) groups is 1. The first-order valence-corrected chi connectivity index (χ1v) is 8.98. The monoisotopic (exact) mass is 383 g/mol. The molecule has 146 valence electrons. The maximum atomic E-state index is 12.4. The highest BCUT2D eigenvalue weighted by atomic mass is 16.3. The Kier molecular flexibility index (Phi) is 5.09. The number of furan rings is 2. The fraction of sp³-hybridized carbons (Fsp3) is 0.333. The van der Waals surface area contributed by atoms with Crippen molar-refractivity contribution in [2.45, 2.75) is 6.54 Å². The quantitative estimate of drug-likeness (QED) is 0.513. The fourth-order valence-electron chi connectivity index (χ4n) is 3.06. The zero-order chi connectivity index (χ0) is 19.3. The van der Waals surface area contributed by atoms with Gasteiger partial charge in [0.25, 0.3) is 5.91 Å². The van der Waals surface area contributed by atoms with E-state index in [-0.39, 0.29) is 5.91 Å². The molecule has 1 amide bonds. The first kappa shape index (κ1) is 17.8. The number of nitrogens with one attached hydrogen (secondary N) is 2. The molecule has 28 heavy (non-hydrogen) atoms. The molecule has 0 unspecified atom stereocenters. The van der Waals surface area contributed by atoms with Crippen molar-refractivity contribution < 1.29 is 13.6 Å². The van der Waals surface area contributed by atoms with Crippen LogP contribution in [0.15, 0.2) is 50.6 Å². The third kappa shape index (κ3) is 3.75. The van der Waals surface area contributed by atoms with Gasteiger partial charge in [0.2, 0.25) is 5.82 Å². The van der Waals surface area contributed by atoms with Crippen LogP contribution in [0.3, 0.4) is 0 Å². The number of aliphatic imine (C=N–C) groups is 1. The van der Waals surface area contributed by atoms with Gasteiger partial charge in [-0.15, -0.1) is 5.10 Å². The van der Waals surface area contributed by atoms with E-state index in [4.69, 9.17) is 8.83 Å². The molecular formula is C18H21N7O3. The van der Waals surface area contributed by atoms with Gasteiger partial charge in [0.05, 0.1) is 19.1 Å². The number of hydrogen-bond acceptors (Lipinski definition) is 6. The summed E-state index contributed by atoms with van der Waals surface area (Å²) in [7, 11) is 1.73. The van der Waals surface area contributed by atoms with Crippen molar-refractivity contribution in [3.63, 3.8) is 0 Å². The smallest absolute Gasteiger partial charge is 0.289 e. The average Bonchev–Trinajstić information content (AvgIpc) is 3.50. The van der Waals surface area contributed by atoms with Gasteiger partial charge in [0.1, 0.15) is 5.82 Å². The molecule has 0 atom stereocenters. The Morgan fingerprint density at radius 3 is 2.61 bits per heavy atom. The minimum Gasteiger partial charge on any atom is -0.461 e. The summed E-state index contributed by atoms with van der Waals surface area (Å²) >= 11 is 0. The van der Waals surface area contributed by atoms with Crippen LogP contribution in [-0.4, -0.2) is 70.1 Å². The molecule has 1 fully saturated rings. The van der Waals surface area contributed by atoms with Gasteiger partial charge in [-0.2, -0.15) is 0 Å². The SMILES string of the molecule is CN=C(NCc1nc(-c2ccco2)n[nH]1)N1CCN(C(=O)c2ccco2)CC1. The maximum Gasteiger partial charge on any atom is 0.289 e. The summed E-state index contributed by atoms with van der Waals surface area (Å²) in [4.78, 5) is 25.0. The van der Waals surface area contributed by atoms with E-state index in [1.54, 1.807) is 36.4 Å². The van der Waals surface area contributed by atoms with Gasteiger partial charge in [-0.05, 0) is 24.3 Å². The fourth-order valence-corrected chi connectivity index (χ4v) is 3.06. The molecule has 1 saturated heterocycles. The zero-order valence-electron chi connectivity index (χ0n) is 15.5. The van der Waals surface area contributed by atoms with Gasteiger partial charge in [-0.25, -0.2) is 4.98 Å². The molecule has 0 radical (unpaired) electrons. The molecule has 0 aromatic carbocycles. The van der Waals surface area contributed by atoms with Crippen molar-refractivity contribution in [2.24, 2.45) is 4.99 Å². The normalized spacial score (nSPS) is 15.1. The maximum absolute atomic E-state index is 12.4. The van der Waals surface area contributed by atoms with E-state index < -0.39 is 0 Å². The Balaban J connectivity index is 1.30. The molecule has 10 heteroatoms. The largest absolute Gasteiger partial charge is 0.461 e. The van der Waals surface area contributed by atoms with Crippen molar-refractivity contribution in [3.8, 4) is 11.6 Å². The Morgan fingerprint density at radius 2 is 1.93 bits per heavy atom. The number of nitrogens with zero attached hydrogens (tertiary/aromatic N) is 5. The van der Waals surface area contributed by atoms with Crippen LogP contribution in [0.4, 0.5) is 0 Å². The van der Waals surface area contributed by atoms with Gasteiger partial charge in [-0.1, -0.05) is 0 Å². The number of aromatic amines is 1. The summed E-state index contributed by atoms with van der Waals surface area (Å²) in [6.45, 7) is 3.02.